The van der Waals surface area contributed by atoms with Crippen LogP contribution < -0.4 is 11.1 Å². The molecule has 1 aliphatic rings. The molecule has 1 heterocycles. The third-order valence-corrected chi connectivity index (χ3v) is 3.22. The van der Waals surface area contributed by atoms with Gasteiger partial charge in [0.2, 0.25) is 5.91 Å². The average molecular weight is 285 g/mol. The minimum absolute atomic E-state index is 0.0477. The van der Waals surface area contributed by atoms with Gasteiger partial charge in [-0.2, -0.15) is 0 Å². The molecule has 1 unspecified atom stereocenters. The first kappa shape index (κ1) is 16.8. The van der Waals surface area contributed by atoms with E-state index in [2.05, 4.69) is 5.32 Å². The fraction of sp³-hybridized carbons (Fsp3) is 0.857. The summed E-state index contributed by atoms with van der Waals surface area (Å²) in [4.78, 5) is 25.5. The van der Waals surface area contributed by atoms with Crippen LogP contribution in [0.5, 0.6) is 0 Å². The van der Waals surface area contributed by atoms with Crippen LogP contribution in [0.25, 0.3) is 0 Å². The maximum Gasteiger partial charge on any atom is 0.407 e. The summed E-state index contributed by atoms with van der Waals surface area (Å²) in [7, 11) is 0. The largest absolute Gasteiger partial charge is 0.444 e. The molecule has 0 spiro atoms. The van der Waals surface area contributed by atoms with Gasteiger partial charge in [-0.05, 0) is 33.1 Å². The summed E-state index contributed by atoms with van der Waals surface area (Å²) in [5.74, 6) is 0.0638. The molecular formula is C14H27N3O3. The van der Waals surface area contributed by atoms with E-state index < -0.39 is 17.7 Å². The lowest BCUT2D eigenvalue weighted by Gasteiger charge is -2.24. The van der Waals surface area contributed by atoms with Crippen LogP contribution in [0.4, 0.5) is 4.79 Å². The smallest absolute Gasteiger partial charge is 0.407 e. The van der Waals surface area contributed by atoms with Crippen LogP contribution >= 0.6 is 0 Å². The maximum atomic E-state index is 12.1. The Labute approximate surface area is 121 Å². The lowest BCUT2D eigenvalue weighted by molar-refractivity contribution is -0.132. The van der Waals surface area contributed by atoms with Crippen molar-refractivity contribution < 1.29 is 14.3 Å². The van der Waals surface area contributed by atoms with Crippen LogP contribution in [0.2, 0.25) is 0 Å². The number of rotatable bonds is 3. The first-order chi connectivity index (χ1) is 9.10. The number of hydrogen-bond donors (Lipinski definition) is 2. The summed E-state index contributed by atoms with van der Waals surface area (Å²) in [5.41, 5.74) is 5.35. The Morgan fingerprint density at radius 1 is 1.35 bits per heavy atom. The number of hydrogen-bond acceptors (Lipinski definition) is 4. The first-order valence-corrected chi connectivity index (χ1v) is 7.14. The van der Waals surface area contributed by atoms with E-state index in [1.165, 1.54) is 0 Å². The highest BCUT2D eigenvalue weighted by Gasteiger charge is 2.31. The van der Waals surface area contributed by atoms with Gasteiger partial charge in [0.05, 0.1) is 12.1 Å². The molecule has 1 saturated heterocycles. The predicted molar refractivity (Wildman–Crippen MR) is 77.2 cm³/mol. The van der Waals surface area contributed by atoms with E-state index >= 15 is 0 Å². The van der Waals surface area contributed by atoms with Gasteiger partial charge in [0, 0.05) is 13.1 Å². The average Bonchev–Trinajstić information content (AvgIpc) is 2.72. The number of amides is 2. The highest BCUT2D eigenvalue weighted by atomic mass is 16.6. The molecule has 0 aromatic carbocycles. The molecule has 1 fully saturated rings. The molecule has 0 saturated carbocycles. The van der Waals surface area contributed by atoms with Crippen molar-refractivity contribution in [3.63, 3.8) is 0 Å². The van der Waals surface area contributed by atoms with E-state index in [4.69, 9.17) is 10.5 Å². The Hall–Kier alpha value is -1.30. The van der Waals surface area contributed by atoms with E-state index in [1.807, 2.05) is 34.6 Å². The number of nitrogens with one attached hydrogen (secondary N) is 1. The number of alkyl carbamates (subject to hydrolysis) is 1. The summed E-state index contributed by atoms with van der Waals surface area (Å²) < 4.78 is 5.20. The molecule has 116 valence electrons. The topological polar surface area (TPSA) is 84.7 Å². The van der Waals surface area contributed by atoms with E-state index in [0.717, 1.165) is 6.42 Å². The first-order valence-electron chi connectivity index (χ1n) is 7.14. The Balaban J connectivity index is 2.44. The summed E-state index contributed by atoms with van der Waals surface area (Å²) in [6.07, 6.45) is 0.292. The minimum Gasteiger partial charge on any atom is -0.444 e. The molecule has 3 N–H and O–H groups in total. The SMILES string of the molecule is CC(C)[C@H](N)C(=O)N1CCC(NC(=O)OC(C)(C)C)C1. The Kier molecular flexibility index (Phi) is 5.39. The van der Waals surface area contributed by atoms with Crippen molar-refractivity contribution in [2.45, 2.75) is 58.7 Å². The molecule has 0 aromatic heterocycles. The van der Waals surface area contributed by atoms with Crippen molar-refractivity contribution >= 4 is 12.0 Å². The van der Waals surface area contributed by atoms with Crippen molar-refractivity contribution in [1.29, 1.82) is 0 Å². The number of carbonyl (C=O) groups excluding carboxylic acids is 2. The monoisotopic (exact) mass is 285 g/mol. The van der Waals surface area contributed by atoms with Crippen molar-refractivity contribution in [2.24, 2.45) is 11.7 Å². The van der Waals surface area contributed by atoms with Gasteiger partial charge in [0.25, 0.3) is 0 Å². The van der Waals surface area contributed by atoms with E-state index in [0.29, 0.717) is 13.1 Å². The van der Waals surface area contributed by atoms with Crippen molar-refractivity contribution in [2.75, 3.05) is 13.1 Å². The zero-order valence-corrected chi connectivity index (χ0v) is 13.1. The van der Waals surface area contributed by atoms with Gasteiger partial charge in [-0.25, -0.2) is 4.79 Å². The van der Waals surface area contributed by atoms with Crippen molar-refractivity contribution in [3.05, 3.63) is 0 Å². The van der Waals surface area contributed by atoms with Crippen LogP contribution in [0.1, 0.15) is 41.0 Å². The Morgan fingerprint density at radius 2 is 1.95 bits per heavy atom. The van der Waals surface area contributed by atoms with Crippen molar-refractivity contribution in [3.8, 4) is 0 Å². The zero-order valence-electron chi connectivity index (χ0n) is 13.1. The molecule has 1 aliphatic heterocycles. The molecule has 20 heavy (non-hydrogen) atoms. The summed E-state index contributed by atoms with van der Waals surface area (Å²) >= 11 is 0. The molecule has 1 rings (SSSR count). The highest BCUT2D eigenvalue weighted by molar-refractivity contribution is 5.82. The number of ether oxygens (including phenoxy) is 1. The fourth-order valence-corrected chi connectivity index (χ4v) is 2.05. The molecule has 0 radical (unpaired) electrons. The van der Waals surface area contributed by atoms with Gasteiger partial charge in [0.1, 0.15) is 5.60 Å². The molecule has 2 amide bonds. The standard InChI is InChI=1S/C14H27N3O3/c1-9(2)11(15)12(18)17-7-6-10(8-17)16-13(19)20-14(3,4)5/h9-11H,6-8,15H2,1-5H3,(H,16,19)/t10?,11-/m0/s1. The second-order valence-electron chi connectivity index (χ2n) is 6.69. The number of nitrogens with zero attached hydrogens (tertiary/aromatic N) is 1. The van der Waals surface area contributed by atoms with E-state index in [-0.39, 0.29) is 17.9 Å². The molecular weight excluding hydrogens is 258 g/mol. The second kappa shape index (κ2) is 6.43. The predicted octanol–water partition coefficient (Wildman–Crippen LogP) is 1.10. The zero-order chi connectivity index (χ0) is 15.5. The van der Waals surface area contributed by atoms with Crippen LogP contribution in [0.15, 0.2) is 0 Å². The van der Waals surface area contributed by atoms with Crippen LogP contribution in [-0.4, -0.2) is 47.7 Å². The molecule has 0 aromatic rings. The van der Waals surface area contributed by atoms with Gasteiger partial charge in [-0.3, -0.25) is 4.79 Å². The normalized spacial score (nSPS) is 20.9. The number of nitrogens with two attached hydrogens (primary N) is 1. The lowest BCUT2D eigenvalue weighted by Crippen LogP contribution is -2.47. The summed E-state index contributed by atoms with van der Waals surface area (Å²) in [6, 6.07) is -0.538. The Morgan fingerprint density at radius 3 is 2.45 bits per heavy atom. The van der Waals surface area contributed by atoms with Gasteiger partial charge in [-0.1, -0.05) is 13.8 Å². The summed E-state index contributed by atoms with van der Waals surface area (Å²) in [5, 5.41) is 2.79. The summed E-state index contributed by atoms with van der Waals surface area (Å²) in [6.45, 7) is 10.4. The Bertz CT molecular complexity index is 363. The molecule has 0 bridgehead atoms. The molecule has 6 heteroatoms. The molecule has 2 atom stereocenters. The second-order valence-corrected chi connectivity index (χ2v) is 6.69. The minimum atomic E-state index is -0.516. The van der Waals surface area contributed by atoms with E-state index in [1.54, 1.807) is 4.90 Å². The molecule has 0 aliphatic carbocycles. The maximum absolute atomic E-state index is 12.1. The van der Waals surface area contributed by atoms with Gasteiger partial charge >= 0.3 is 6.09 Å². The number of likely N-dealkylation sites (tertiary alicyclic amines) is 1. The number of carbonyl (C=O) groups is 2. The van der Waals surface area contributed by atoms with Gasteiger partial charge in [-0.15, -0.1) is 0 Å². The highest BCUT2D eigenvalue weighted by Crippen LogP contribution is 2.14. The van der Waals surface area contributed by atoms with Crippen LogP contribution in [-0.2, 0) is 9.53 Å². The quantitative estimate of drug-likeness (QED) is 0.813. The third-order valence-electron chi connectivity index (χ3n) is 3.22. The van der Waals surface area contributed by atoms with Gasteiger partial charge in [0.15, 0.2) is 0 Å². The lowest BCUT2D eigenvalue weighted by atomic mass is 10.0. The molecule has 6 nitrogen and oxygen atoms in total. The third kappa shape index (κ3) is 5.00. The van der Waals surface area contributed by atoms with Crippen LogP contribution in [0.3, 0.4) is 0 Å². The van der Waals surface area contributed by atoms with Crippen molar-refractivity contribution in [1.82, 2.24) is 10.2 Å². The van der Waals surface area contributed by atoms with Crippen LogP contribution in [0, 0.1) is 5.92 Å². The fourth-order valence-electron chi connectivity index (χ4n) is 2.05. The van der Waals surface area contributed by atoms with Gasteiger partial charge < -0.3 is 20.7 Å². The van der Waals surface area contributed by atoms with E-state index in [9.17, 15) is 9.59 Å².